The van der Waals surface area contributed by atoms with E-state index >= 15 is 0 Å². The lowest BCUT2D eigenvalue weighted by Gasteiger charge is -2.19. The predicted molar refractivity (Wildman–Crippen MR) is 211 cm³/mol. The Morgan fingerprint density at radius 2 is 1.35 bits per heavy atom. The summed E-state index contributed by atoms with van der Waals surface area (Å²) in [5, 5.41) is 8.50. The van der Waals surface area contributed by atoms with E-state index in [0.717, 1.165) is 27.1 Å². The molecule has 6 aromatic carbocycles. The van der Waals surface area contributed by atoms with Crippen LogP contribution in [0.15, 0.2) is 168 Å². The highest BCUT2D eigenvalue weighted by molar-refractivity contribution is 8.00. The number of carbonyl (C=O) groups is 3. The summed E-state index contributed by atoms with van der Waals surface area (Å²) in [7, 11) is 1.53. The van der Waals surface area contributed by atoms with Crippen molar-refractivity contribution in [3.05, 3.63) is 185 Å². The monoisotopic (exact) mass is 723 g/mol. The van der Waals surface area contributed by atoms with Crippen LogP contribution in [0.3, 0.4) is 0 Å². The first-order valence-corrected chi connectivity index (χ1v) is 17.6. The fourth-order valence-corrected chi connectivity index (χ4v) is 6.63. The van der Waals surface area contributed by atoms with E-state index in [1.807, 2.05) is 97.1 Å². The van der Waals surface area contributed by atoms with Crippen LogP contribution in [0.5, 0.6) is 5.75 Å². The van der Waals surface area contributed by atoms with Gasteiger partial charge >= 0.3 is 0 Å². The Bertz CT molecular complexity index is 2200. The maximum atomic E-state index is 13.8. The average molecular weight is 724 g/mol. The number of ether oxygens (including phenoxy) is 1. The molecule has 0 radical (unpaired) electrons. The van der Waals surface area contributed by atoms with Crippen LogP contribution in [0.2, 0.25) is 5.02 Å². The molecular formula is C43H34ClN3O4S. The minimum Gasteiger partial charge on any atom is -0.495 e. The van der Waals surface area contributed by atoms with Crippen molar-refractivity contribution in [2.24, 2.45) is 0 Å². The van der Waals surface area contributed by atoms with Crippen molar-refractivity contribution in [3.8, 4) is 16.9 Å². The largest absolute Gasteiger partial charge is 0.495 e. The first-order valence-electron chi connectivity index (χ1n) is 16.4. The second-order valence-corrected chi connectivity index (χ2v) is 13.2. The van der Waals surface area contributed by atoms with Gasteiger partial charge in [0.05, 0.1) is 12.8 Å². The molecule has 1 unspecified atom stereocenters. The third kappa shape index (κ3) is 9.37. The highest BCUT2D eigenvalue weighted by atomic mass is 35.5. The maximum absolute atomic E-state index is 13.8. The number of methoxy groups -OCH3 is 1. The number of rotatable bonds is 12. The number of hydrogen-bond donors (Lipinski definition) is 3. The third-order valence-corrected chi connectivity index (χ3v) is 9.45. The fourth-order valence-electron chi connectivity index (χ4n) is 5.37. The SMILES string of the molecule is COc1ccc(Cl)cc1NC(=O)C(Sc1cccc(NC(=O)/C(=C\c2ccc(-c3ccccc3)cc2)NC(=O)c2ccccc2)c1)c1ccccc1. The minimum atomic E-state index is -0.657. The molecule has 0 aliphatic carbocycles. The van der Waals surface area contributed by atoms with E-state index in [2.05, 4.69) is 16.0 Å². The van der Waals surface area contributed by atoms with Gasteiger partial charge in [-0.05, 0) is 76.9 Å². The van der Waals surface area contributed by atoms with E-state index in [1.165, 1.54) is 18.9 Å². The normalized spacial score (nSPS) is 11.6. The molecule has 0 spiro atoms. The summed E-state index contributed by atoms with van der Waals surface area (Å²) < 4.78 is 5.44. The van der Waals surface area contributed by atoms with Gasteiger partial charge in [0.15, 0.2) is 0 Å². The Morgan fingerprint density at radius 3 is 2.04 bits per heavy atom. The summed E-state index contributed by atoms with van der Waals surface area (Å²) in [6.07, 6.45) is 1.64. The lowest BCUT2D eigenvalue weighted by atomic mass is 10.0. The van der Waals surface area contributed by atoms with Gasteiger partial charge in [-0.25, -0.2) is 0 Å². The van der Waals surface area contributed by atoms with Crippen molar-refractivity contribution in [2.75, 3.05) is 17.7 Å². The highest BCUT2D eigenvalue weighted by Crippen LogP contribution is 2.38. The van der Waals surface area contributed by atoms with Gasteiger partial charge < -0.3 is 20.7 Å². The van der Waals surface area contributed by atoms with Crippen LogP contribution in [-0.2, 0) is 9.59 Å². The molecule has 0 aliphatic heterocycles. The van der Waals surface area contributed by atoms with Gasteiger partial charge in [-0.15, -0.1) is 11.8 Å². The van der Waals surface area contributed by atoms with Gasteiger partial charge in [0, 0.05) is 21.2 Å². The standard InChI is InChI=1S/C43H34ClN3O4S/c1-51-39-25-24-34(44)27-37(39)46-43(50)40(32-14-7-3-8-15-32)52-36-19-11-18-35(28-36)45-42(49)38(47-41(48)33-16-9-4-10-17-33)26-29-20-22-31(23-21-29)30-12-5-2-6-13-30/h2-28,40H,1H3,(H,45,49)(H,46,50)(H,47,48)/b38-26+. The topological polar surface area (TPSA) is 96.5 Å². The predicted octanol–water partition coefficient (Wildman–Crippen LogP) is 9.90. The summed E-state index contributed by atoms with van der Waals surface area (Å²) in [5.41, 5.74) is 5.04. The Balaban J connectivity index is 1.24. The number of amides is 3. The molecule has 258 valence electrons. The van der Waals surface area contributed by atoms with Crippen molar-refractivity contribution in [3.63, 3.8) is 0 Å². The smallest absolute Gasteiger partial charge is 0.272 e. The molecular weight excluding hydrogens is 690 g/mol. The number of nitrogens with one attached hydrogen (secondary N) is 3. The molecule has 52 heavy (non-hydrogen) atoms. The molecule has 9 heteroatoms. The number of anilines is 2. The molecule has 0 aliphatic rings. The lowest BCUT2D eigenvalue weighted by Crippen LogP contribution is -2.30. The van der Waals surface area contributed by atoms with E-state index in [4.69, 9.17) is 16.3 Å². The molecule has 6 aromatic rings. The molecule has 3 N–H and O–H groups in total. The van der Waals surface area contributed by atoms with Gasteiger partial charge in [0.25, 0.3) is 11.8 Å². The van der Waals surface area contributed by atoms with Gasteiger partial charge in [-0.1, -0.05) is 121 Å². The van der Waals surface area contributed by atoms with Crippen molar-refractivity contribution in [2.45, 2.75) is 10.1 Å². The molecule has 0 fully saturated rings. The zero-order valence-electron chi connectivity index (χ0n) is 28.1. The van der Waals surface area contributed by atoms with Crippen molar-refractivity contribution in [1.29, 1.82) is 0 Å². The Labute approximate surface area is 311 Å². The van der Waals surface area contributed by atoms with E-state index in [9.17, 15) is 14.4 Å². The van der Waals surface area contributed by atoms with Crippen LogP contribution in [0, 0.1) is 0 Å². The maximum Gasteiger partial charge on any atom is 0.272 e. The first kappa shape index (κ1) is 35.7. The minimum absolute atomic E-state index is 0.0661. The quantitative estimate of drug-likeness (QED) is 0.0863. The summed E-state index contributed by atoms with van der Waals surface area (Å²) in [5.74, 6) is -0.725. The zero-order valence-corrected chi connectivity index (χ0v) is 29.7. The molecule has 6 rings (SSSR count). The van der Waals surface area contributed by atoms with Crippen LogP contribution >= 0.6 is 23.4 Å². The fraction of sp³-hybridized carbons (Fsp3) is 0.0465. The van der Waals surface area contributed by atoms with Crippen LogP contribution in [0.4, 0.5) is 11.4 Å². The summed E-state index contributed by atoms with van der Waals surface area (Å²) in [6, 6.07) is 48.1. The average Bonchev–Trinajstić information content (AvgIpc) is 3.18. The van der Waals surface area contributed by atoms with Crippen molar-refractivity contribution >= 4 is 58.5 Å². The van der Waals surface area contributed by atoms with Crippen LogP contribution in [0.1, 0.15) is 26.7 Å². The Morgan fingerprint density at radius 1 is 0.692 bits per heavy atom. The second-order valence-electron chi connectivity index (χ2n) is 11.6. The molecule has 1 atom stereocenters. The Hall–Kier alpha value is -6.09. The van der Waals surface area contributed by atoms with E-state index in [0.29, 0.717) is 27.7 Å². The Kier molecular flexibility index (Phi) is 11.8. The number of carbonyl (C=O) groups excluding carboxylic acids is 3. The van der Waals surface area contributed by atoms with Gasteiger partial charge in [-0.2, -0.15) is 0 Å². The van der Waals surface area contributed by atoms with E-state index in [1.54, 1.807) is 66.7 Å². The number of benzene rings is 6. The zero-order chi connectivity index (χ0) is 36.3. The first-order chi connectivity index (χ1) is 25.4. The molecule has 0 heterocycles. The third-order valence-electron chi connectivity index (χ3n) is 7.96. The van der Waals surface area contributed by atoms with Crippen molar-refractivity contribution < 1.29 is 19.1 Å². The van der Waals surface area contributed by atoms with E-state index in [-0.39, 0.29) is 11.6 Å². The van der Waals surface area contributed by atoms with E-state index < -0.39 is 17.1 Å². The van der Waals surface area contributed by atoms with Crippen LogP contribution in [-0.4, -0.2) is 24.8 Å². The summed E-state index contributed by atoms with van der Waals surface area (Å²) >= 11 is 7.55. The molecule has 3 amide bonds. The van der Waals surface area contributed by atoms with Gasteiger partial charge in [0.1, 0.15) is 16.7 Å². The summed E-state index contributed by atoms with van der Waals surface area (Å²) in [6.45, 7) is 0. The van der Waals surface area contributed by atoms with Crippen LogP contribution < -0.4 is 20.7 Å². The molecule has 0 saturated heterocycles. The van der Waals surface area contributed by atoms with Gasteiger partial charge in [0.2, 0.25) is 5.91 Å². The summed E-state index contributed by atoms with van der Waals surface area (Å²) in [4.78, 5) is 41.6. The van der Waals surface area contributed by atoms with Crippen LogP contribution in [0.25, 0.3) is 17.2 Å². The van der Waals surface area contributed by atoms with Crippen molar-refractivity contribution in [1.82, 2.24) is 5.32 Å². The second kappa shape index (κ2) is 17.2. The molecule has 0 bridgehead atoms. The lowest BCUT2D eigenvalue weighted by molar-refractivity contribution is -0.116. The highest BCUT2D eigenvalue weighted by Gasteiger charge is 2.24. The number of halogens is 1. The number of hydrogen-bond acceptors (Lipinski definition) is 5. The molecule has 0 aromatic heterocycles. The number of thioether (sulfide) groups is 1. The molecule has 7 nitrogen and oxygen atoms in total. The van der Waals surface area contributed by atoms with Gasteiger partial charge in [-0.3, -0.25) is 14.4 Å². The molecule has 0 saturated carbocycles.